The summed E-state index contributed by atoms with van der Waals surface area (Å²) in [5.74, 6) is -0.322. The quantitative estimate of drug-likeness (QED) is 0.207. The predicted octanol–water partition coefficient (Wildman–Crippen LogP) is 7.39. The van der Waals surface area contributed by atoms with Crippen LogP contribution in [0.1, 0.15) is 46.8 Å². The van der Waals surface area contributed by atoms with Crippen molar-refractivity contribution in [2.75, 3.05) is 31.2 Å². The van der Waals surface area contributed by atoms with Crippen molar-refractivity contribution in [2.45, 2.75) is 25.3 Å². The number of amides is 1. The summed E-state index contributed by atoms with van der Waals surface area (Å²) >= 11 is 7.02. The van der Waals surface area contributed by atoms with Crippen molar-refractivity contribution in [3.8, 4) is 0 Å². The second-order valence-electron chi connectivity index (χ2n) is 10.4. The van der Waals surface area contributed by atoms with E-state index in [1.807, 2.05) is 41.3 Å². The number of hydrazone groups is 1. The van der Waals surface area contributed by atoms with Gasteiger partial charge in [0.1, 0.15) is 5.69 Å². The number of hydrogen-bond donors (Lipinski definition) is 0. The summed E-state index contributed by atoms with van der Waals surface area (Å²) < 4.78 is 7.38. The molecule has 0 radical (unpaired) electrons. The maximum atomic E-state index is 14.1. The Kier molecular flexibility index (Phi) is 8.05. The van der Waals surface area contributed by atoms with Crippen molar-refractivity contribution in [3.63, 3.8) is 0 Å². The van der Waals surface area contributed by atoms with E-state index in [0.717, 1.165) is 50.6 Å². The van der Waals surface area contributed by atoms with Gasteiger partial charge < -0.3 is 9.64 Å². The predicted molar refractivity (Wildman–Crippen MR) is 166 cm³/mol. The molecule has 0 spiro atoms. The molecule has 8 nitrogen and oxygen atoms in total. The zero-order valence-corrected chi connectivity index (χ0v) is 25.4. The van der Waals surface area contributed by atoms with Gasteiger partial charge in [0.05, 0.1) is 29.9 Å². The highest BCUT2D eigenvalue weighted by Gasteiger charge is 2.44. The van der Waals surface area contributed by atoms with Crippen LogP contribution in [0.4, 0.5) is 11.4 Å². The molecule has 1 saturated heterocycles. The molecule has 2 aliphatic heterocycles. The van der Waals surface area contributed by atoms with E-state index in [-0.39, 0.29) is 29.1 Å². The molecule has 10 heteroatoms. The van der Waals surface area contributed by atoms with Crippen LogP contribution in [0, 0.1) is 16.0 Å². The van der Waals surface area contributed by atoms with Crippen molar-refractivity contribution < 1.29 is 14.5 Å². The van der Waals surface area contributed by atoms with E-state index in [1.54, 1.807) is 17.1 Å². The summed E-state index contributed by atoms with van der Waals surface area (Å²) in [7, 11) is 0. The number of benzene rings is 3. The number of carbonyl (C=O) groups is 1. The van der Waals surface area contributed by atoms with Gasteiger partial charge in [0.15, 0.2) is 0 Å². The summed E-state index contributed by atoms with van der Waals surface area (Å²) in [6.45, 7) is 2.15. The average Bonchev–Trinajstić information content (AvgIpc) is 3.39. The van der Waals surface area contributed by atoms with E-state index in [1.165, 1.54) is 6.07 Å². The Morgan fingerprint density at radius 2 is 1.68 bits per heavy atom. The van der Waals surface area contributed by atoms with Gasteiger partial charge in [-0.15, -0.1) is 0 Å². The van der Waals surface area contributed by atoms with E-state index in [4.69, 9.17) is 9.84 Å². The van der Waals surface area contributed by atoms with Crippen LogP contribution in [0.15, 0.2) is 86.3 Å². The SMILES string of the molecule is O=C(c1ccc(N2CCOCC2)c([N+](=O)[O-])c1)N1N=C2/C(=C/c3ccc(Br)cc3)CCC[C@H]2[C@@H]1c1ccc(Br)cc1. The fourth-order valence-electron chi connectivity index (χ4n) is 5.93. The van der Waals surface area contributed by atoms with Gasteiger partial charge in [-0.1, -0.05) is 56.1 Å². The highest BCUT2D eigenvalue weighted by atomic mass is 79.9. The Labute approximate surface area is 255 Å². The molecule has 0 aromatic heterocycles. The zero-order chi connectivity index (χ0) is 28.5. The van der Waals surface area contributed by atoms with Crippen LogP contribution in [0.2, 0.25) is 0 Å². The minimum atomic E-state index is -0.414. The number of nitrogens with zero attached hydrogens (tertiary/aromatic N) is 4. The minimum absolute atomic E-state index is 0.0261. The van der Waals surface area contributed by atoms with Gasteiger partial charge in [0.25, 0.3) is 11.6 Å². The van der Waals surface area contributed by atoms with Gasteiger partial charge in [-0.25, -0.2) is 5.01 Å². The standard InChI is InChI=1S/C31H28Br2N4O4/c32-24-9-4-20(5-10-24)18-22-2-1-3-26-29(22)34-36(30(26)21-6-11-25(33)12-7-21)31(38)23-8-13-27(28(19-23)37(39)40)35-14-16-41-17-15-35/h4-13,18-19,26,30H,1-3,14-17H2/b22-18+/t26-,30+/m1/s1. The van der Waals surface area contributed by atoms with Crippen LogP contribution in [0.5, 0.6) is 0 Å². The molecule has 41 heavy (non-hydrogen) atoms. The summed E-state index contributed by atoms with van der Waals surface area (Å²) in [6.07, 6.45) is 4.92. The van der Waals surface area contributed by atoms with Crippen molar-refractivity contribution >= 4 is 60.9 Å². The Bertz CT molecular complexity index is 1530. The fraction of sp³-hybridized carbons (Fsp3) is 0.290. The summed E-state index contributed by atoms with van der Waals surface area (Å²) in [5.41, 5.74) is 4.76. The number of nitro groups is 1. The number of halogens is 2. The second kappa shape index (κ2) is 11.9. The molecule has 2 fully saturated rings. The van der Waals surface area contributed by atoms with E-state index < -0.39 is 4.92 Å². The third kappa shape index (κ3) is 5.73. The number of ether oxygens (including phenoxy) is 1. The Balaban J connectivity index is 1.40. The molecule has 1 saturated carbocycles. The van der Waals surface area contributed by atoms with Crippen LogP contribution < -0.4 is 4.90 Å². The number of allylic oxidation sites excluding steroid dienone is 1. The Morgan fingerprint density at radius 1 is 1.00 bits per heavy atom. The number of anilines is 1. The highest BCUT2D eigenvalue weighted by molar-refractivity contribution is 9.10. The maximum absolute atomic E-state index is 14.1. The van der Waals surface area contributed by atoms with Crippen LogP contribution >= 0.6 is 31.9 Å². The van der Waals surface area contributed by atoms with Crippen molar-refractivity contribution in [1.82, 2.24) is 5.01 Å². The van der Waals surface area contributed by atoms with Gasteiger partial charge in [-0.3, -0.25) is 14.9 Å². The molecule has 2 atom stereocenters. The first-order valence-corrected chi connectivity index (χ1v) is 15.2. The van der Waals surface area contributed by atoms with Gasteiger partial charge in [0, 0.05) is 39.6 Å². The van der Waals surface area contributed by atoms with Crippen molar-refractivity contribution in [2.24, 2.45) is 11.0 Å². The van der Waals surface area contributed by atoms with Crippen LogP contribution in [0.25, 0.3) is 6.08 Å². The highest BCUT2D eigenvalue weighted by Crippen LogP contribution is 2.45. The second-order valence-corrected chi connectivity index (χ2v) is 12.2. The van der Waals surface area contributed by atoms with E-state index in [0.29, 0.717) is 32.0 Å². The Morgan fingerprint density at radius 3 is 2.37 bits per heavy atom. The zero-order valence-electron chi connectivity index (χ0n) is 22.2. The molecule has 1 amide bonds. The molecule has 0 unspecified atom stereocenters. The number of nitro benzene ring substituents is 1. The minimum Gasteiger partial charge on any atom is -0.378 e. The topological polar surface area (TPSA) is 88.3 Å². The molecule has 3 aromatic rings. The first-order chi connectivity index (χ1) is 19.9. The molecule has 0 bridgehead atoms. The van der Waals surface area contributed by atoms with Gasteiger partial charge in [0.2, 0.25) is 0 Å². The number of carbonyl (C=O) groups excluding carboxylic acids is 1. The van der Waals surface area contributed by atoms with E-state index in [9.17, 15) is 14.9 Å². The van der Waals surface area contributed by atoms with Crippen molar-refractivity contribution in [3.05, 3.63) is 108 Å². The molecular formula is C31H28Br2N4O4. The van der Waals surface area contributed by atoms with Crippen molar-refractivity contribution in [1.29, 1.82) is 0 Å². The van der Waals surface area contributed by atoms with Gasteiger partial charge >= 0.3 is 0 Å². The lowest BCUT2D eigenvalue weighted by Crippen LogP contribution is -2.36. The lowest BCUT2D eigenvalue weighted by atomic mass is 9.77. The molecular weight excluding hydrogens is 652 g/mol. The van der Waals surface area contributed by atoms with E-state index in [2.05, 4.69) is 50.1 Å². The first kappa shape index (κ1) is 27.8. The lowest BCUT2D eigenvalue weighted by molar-refractivity contribution is -0.384. The van der Waals surface area contributed by atoms with Gasteiger partial charge in [-0.05, 0) is 78.4 Å². The van der Waals surface area contributed by atoms with Crippen LogP contribution in [-0.4, -0.2) is 47.9 Å². The number of fused-ring (bicyclic) bond motifs is 1. The van der Waals surface area contributed by atoms with Crippen LogP contribution in [0.3, 0.4) is 0 Å². The molecule has 3 aliphatic rings. The molecule has 1 aliphatic carbocycles. The number of morpholine rings is 1. The van der Waals surface area contributed by atoms with Crippen LogP contribution in [-0.2, 0) is 4.74 Å². The monoisotopic (exact) mass is 678 g/mol. The fourth-order valence-corrected chi connectivity index (χ4v) is 6.46. The molecule has 2 heterocycles. The first-order valence-electron chi connectivity index (χ1n) is 13.6. The Hall–Kier alpha value is -3.34. The smallest absolute Gasteiger partial charge is 0.293 e. The molecule has 0 N–H and O–H groups in total. The number of hydrogen-bond acceptors (Lipinski definition) is 6. The summed E-state index contributed by atoms with van der Waals surface area (Å²) in [6, 6.07) is 20.6. The summed E-state index contributed by atoms with van der Waals surface area (Å²) in [4.78, 5) is 27.8. The largest absolute Gasteiger partial charge is 0.378 e. The summed E-state index contributed by atoms with van der Waals surface area (Å²) in [5, 5.41) is 18.6. The third-order valence-electron chi connectivity index (χ3n) is 7.90. The maximum Gasteiger partial charge on any atom is 0.293 e. The average molecular weight is 680 g/mol. The molecule has 6 rings (SSSR count). The molecule has 3 aromatic carbocycles. The lowest BCUT2D eigenvalue weighted by Gasteiger charge is -2.30. The third-order valence-corrected chi connectivity index (χ3v) is 8.96. The molecule has 210 valence electrons. The van der Waals surface area contributed by atoms with Gasteiger partial charge in [-0.2, -0.15) is 5.10 Å². The normalized spacial score (nSPS) is 21.5. The van der Waals surface area contributed by atoms with E-state index >= 15 is 0 Å². The number of rotatable bonds is 5.